The third kappa shape index (κ3) is 3.90. The normalized spacial score (nSPS) is 18.9. The number of benzene rings is 1. The van der Waals surface area contributed by atoms with E-state index in [0.717, 1.165) is 12.8 Å². The Morgan fingerprint density at radius 1 is 1.31 bits per heavy atom. The van der Waals surface area contributed by atoms with Gasteiger partial charge in [0.15, 0.2) is 0 Å². The van der Waals surface area contributed by atoms with Crippen molar-refractivity contribution in [3.05, 3.63) is 46.7 Å². The number of ether oxygens (including phenoxy) is 1. The molecule has 1 aliphatic heterocycles. The summed E-state index contributed by atoms with van der Waals surface area (Å²) in [5, 5.41) is 4.96. The minimum Gasteiger partial charge on any atom is -0.497 e. The molecule has 1 saturated heterocycles. The number of amides is 2. The van der Waals surface area contributed by atoms with Gasteiger partial charge in [0.25, 0.3) is 0 Å². The van der Waals surface area contributed by atoms with Crippen LogP contribution in [0.1, 0.15) is 31.1 Å². The second-order valence-corrected chi connectivity index (χ2v) is 7.72. The van der Waals surface area contributed by atoms with E-state index in [1.54, 1.807) is 29.4 Å². The van der Waals surface area contributed by atoms with Crippen molar-refractivity contribution in [2.75, 3.05) is 19.0 Å². The molecule has 0 spiro atoms. The van der Waals surface area contributed by atoms with E-state index in [1.807, 2.05) is 36.6 Å². The van der Waals surface area contributed by atoms with E-state index in [0.29, 0.717) is 30.8 Å². The number of hydrogen-bond donors (Lipinski definition) is 1. The van der Waals surface area contributed by atoms with Gasteiger partial charge in [0.1, 0.15) is 11.3 Å². The van der Waals surface area contributed by atoms with E-state index >= 15 is 0 Å². The Balaban J connectivity index is 1.56. The SMILES string of the molecule is COc1cccc(NC(=O)C2(C)CCN2C(=O)CCCc2cccs2)c1. The lowest BCUT2D eigenvalue weighted by Gasteiger charge is -2.49. The summed E-state index contributed by atoms with van der Waals surface area (Å²) in [6.45, 7) is 2.48. The first-order valence-corrected chi connectivity index (χ1v) is 9.69. The fourth-order valence-electron chi connectivity index (χ4n) is 3.17. The molecule has 6 heteroatoms. The molecular weight excluding hydrogens is 348 g/mol. The number of likely N-dealkylation sites (tertiary alicyclic amines) is 1. The molecule has 2 amide bonds. The molecule has 1 N–H and O–H groups in total. The largest absolute Gasteiger partial charge is 0.497 e. The Bertz CT molecular complexity index is 775. The highest BCUT2D eigenvalue weighted by molar-refractivity contribution is 7.09. The fourth-order valence-corrected chi connectivity index (χ4v) is 3.92. The van der Waals surface area contributed by atoms with Crippen molar-refractivity contribution in [1.82, 2.24) is 4.90 Å². The molecule has 1 aromatic carbocycles. The Hall–Kier alpha value is -2.34. The number of anilines is 1. The second kappa shape index (κ2) is 7.91. The number of hydrogen-bond acceptors (Lipinski definition) is 4. The molecule has 1 atom stereocenters. The molecule has 5 nitrogen and oxygen atoms in total. The third-order valence-electron chi connectivity index (χ3n) is 4.93. The summed E-state index contributed by atoms with van der Waals surface area (Å²) in [5.74, 6) is 0.586. The quantitative estimate of drug-likeness (QED) is 0.806. The summed E-state index contributed by atoms with van der Waals surface area (Å²) in [5.41, 5.74) is -0.101. The van der Waals surface area contributed by atoms with Crippen LogP contribution in [0.25, 0.3) is 0 Å². The van der Waals surface area contributed by atoms with E-state index in [-0.39, 0.29) is 11.8 Å². The van der Waals surface area contributed by atoms with Crippen molar-refractivity contribution in [2.45, 2.75) is 38.1 Å². The van der Waals surface area contributed by atoms with Gasteiger partial charge in [-0.05, 0) is 49.8 Å². The van der Waals surface area contributed by atoms with Gasteiger partial charge in [-0.25, -0.2) is 0 Å². The van der Waals surface area contributed by atoms with Crippen LogP contribution in [0.15, 0.2) is 41.8 Å². The van der Waals surface area contributed by atoms with Gasteiger partial charge in [-0.2, -0.15) is 0 Å². The minimum absolute atomic E-state index is 0.0519. The molecular formula is C20H24N2O3S. The second-order valence-electron chi connectivity index (χ2n) is 6.69. The Morgan fingerprint density at radius 2 is 2.15 bits per heavy atom. The monoisotopic (exact) mass is 372 g/mol. The number of nitrogens with one attached hydrogen (secondary N) is 1. The number of carbonyl (C=O) groups excluding carboxylic acids is 2. The van der Waals surface area contributed by atoms with Gasteiger partial charge in [0.2, 0.25) is 11.8 Å². The molecule has 1 unspecified atom stereocenters. The fraction of sp³-hybridized carbons (Fsp3) is 0.400. The number of thiophene rings is 1. The highest BCUT2D eigenvalue weighted by Gasteiger charge is 2.49. The lowest BCUT2D eigenvalue weighted by molar-refractivity contribution is -0.154. The number of nitrogens with zero attached hydrogens (tertiary/aromatic N) is 1. The van der Waals surface area contributed by atoms with Crippen LogP contribution in [-0.4, -0.2) is 35.9 Å². The summed E-state index contributed by atoms with van der Waals surface area (Å²) in [4.78, 5) is 28.3. The number of methoxy groups -OCH3 is 1. The maximum Gasteiger partial charge on any atom is 0.250 e. The van der Waals surface area contributed by atoms with Gasteiger partial charge in [-0.3, -0.25) is 9.59 Å². The minimum atomic E-state index is -0.775. The molecule has 1 fully saturated rings. The zero-order chi connectivity index (χ0) is 18.6. The average Bonchev–Trinajstić information content (AvgIpc) is 3.13. The Kier molecular flexibility index (Phi) is 5.61. The maximum absolute atomic E-state index is 12.7. The van der Waals surface area contributed by atoms with Crippen LogP contribution in [0.2, 0.25) is 0 Å². The van der Waals surface area contributed by atoms with Crippen molar-refractivity contribution in [3.63, 3.8) is 0 Å². The Labute approximate surface area is 158 Å². The van der Waals surface area contributed by atoms with E-state index < -0.39 is 5.54 Å². The Morgan fingerprint density at radius 3 is 2.81 bits per heavy atom. The molecule has 3 rings (SSSR count). The summed E-state index contributed by atoms with van der Waals surface area (Å²) in [6, 6.07) is 11.3. The van der Waals surface area contributed by atoms with Gasteiger partial charge < -0.3 is 15.0 Å². The van der Waals surface area contributed by atoms with E-state index in [4.69, 9.17) is 4.74 Å². The highest BCUT2D eigenvalue weighted by atomic mass is 32.1. The summed E-state index contributed by atoms with van der Waals surface area (Å²) < 4.78 is 5.18. The molecule has 138 valence electrons. The topological polar surface area (TPSA) is 58.6 Å². The molecule has 26 heavy (non-hydrogen) atoms. The molecule has 1 aliphatic rings. The zero-order valence-electron chi connectivity index (χ0n) is 15.2. The summed E-state index contributed by atoms with van der Waals surface area (Å²) in [6.07, 6.45) is 2.87. The van der Waals surface area contributed by atoms with Crippen molar-refractivity contribution >= 4 is 28.8 Å². The number of carbonyl (C=O) groups is 2. The van der Waals surface area contributed by atoms with Crippen LogP contribution in [0.3, 0.4) is 0 Å². The predicted octanol–water partition coefficient (Wildman–Crippen LogP) is 3.71. The molecule has 1 aromatic heterocycles. The molecule has 0 aliphatic carbocycles. The van der Waals surface area contributed by atoms with Crippen molar-refractivity contribution < 1.29 is 14.3 Å². The van der Waals surface area contributed by atoms with E-state index in [9.17, 15) is 9.59 Å². The third-order valence-corrected chi connectivity index (χ3v) is 5.87. The van der Waals surface area contributed by atoms with E-state index in [2.05, 4.69) is 11.4 Å². The molecule has 2 aromatic rings. The first-order valence-electron chi connectivity index (χ1n) is 8.81. The highest BCUT2D eigenvalue weighted by Crippen LogP contribution is 2.33. The summed E-state index contributed by atoms with van der Waals surface area (Å²) >= 11 is 1.71. The van der Waals surface area contributed by atoms with Gasteiger partial charge in [0.05, 0.1) is 7.11 Å². The summed E-state index contributed by atoms with van der Waals surface area (Å²) in [7, 11) is 1.59. The van der Waals surface area contributed by atoms with Crippen LogP contribution < -0.4 is 10.1 Å². The first-order chi connectivity index (χ1) is 12.5. The lowest BCUT2D eigenvalue weighted by Crippen LogP contribution is -2.66. The molecule has 2 heterocycles. The van der Waals surface area contributed by atoms with Crippen LogP contribution in [0, 0.1) is 0 Å². The molecule has 0 saturated carbocycles. The standard InChI is InChI=1S/C20H24N2O3S/c1-20(19(24)21-15-6-3-7-16(14-15)25-2)11-12-22(20)18(23)10-4-8-17-9-5-13-26-17/h3,5-7,9,13-14H,4,8,10-12H2,1-2H3,(H,21,24). The van der Waals surface area contributed by atoms with Gasteiger partial charge >= 0.3 is 0 Å². The first kappa shape index (κ1) is 18.5. The lowest BCUT2D eigenvalue weighted by atomic mass is 9.85. The van der Waals surface area contributed by atoms with Crippen LogP contribution in [-0.2, 0) is 16.0 Å². The van der Waals surface area contributed by atoms with Crippen LogP contribution >= 0.6 is 11.3 Å². The van der Waals surface area contributed by atoms with Crippen molar-refractivity contribution in [2.24, 2.45) is 0 Å². The van der Waals surface area contributed by atoms with Crippen LogP contribution in [0.4, 0.5) is 5.69 Å². The van der Waals surface area contributed by atoms with Crippen molar-refractivity contribution in [1.29, 1.82) is 0 Å². The zero-order valence-corrected chi connectivity index (χ0v) is 16.0. The maximum atomic E-state index is 12.7. The predicted molar refractivity (Wildman–Crippen MR) is 104 cm³/mol. The van der Waals surface area contributed by atoms with Gasteiger partial charge in [0, 0.05) is 29.6 Å². The molecule has 0 radical (unpaired) electrons. The van der Waals surface area contributed by atoms with Crippen molar-refractivity contribution in [3.8, 4) is 5.75 Å². The van der Waals surface area contributed by atoms with Crippen LogP contribution in [0.5, 0.6) is 5.75 Å². The van der Waals surface area contributed by atoms with E-state index in [1.165, 1.54) is 4.88 Å². The average molecular weight is 372 g/mol. The van der Waals surface area contributed by atoms with Gasteiger partial charge in [-0.1, -0.05) is 12.1 Å². The number of aryl methyl sites for hydroxylation is 1. The van der Waals surface area contributed by atoms with Gasteiger partial charge in [-0.15, -0.1) is 11.3 Å². The number of rotatable bonds is 7. The molecule has 0 bridgehead atoms. The smallest absolute Gasteiger partial charge is 0.250 e.